The van der Waals surface area contributed by atoms with Gasteiger partial charge in [-0.1, -0.05) is 6.07 Å². The SMILES string of the molecule is Cc1cccc(CNC(C)(C)CCO)n1. The fraction of sp³-hybridized carbons (Fsp3) is 0.583. The van der Waals surface area contributed by atoms with Crippen molar-refractivity contribution in [3.05, 3.63) is 29.6 Å². The summed E-state index contributed by atoms with van der Waals surface area (Å²) in [7, 11) is 0. The number of aliphatic hydroxyl groups is 1. The van der Waals surface area contributed by atoms with E-state index in [-0.39, 0.29) is 12.1 Å². The highest BCUT2D eigenvalue weighted by atomic mass is 16.3. The van der Waals surface area contributed by atoms with Gasteiger partial charge in [0.1, 0.15) is 0 Å². The van der Waals surface area contributed by atoms with Crippen LogP contribution in [0.25, 0.3) is 0 Å². The van der Waals surface area contributed by atoms with E-state index in [0.717, 1.165) is 24.4 Å². The first-order valence-corrected chi connectivity index (χ1v) is 5.32. The Balaban J connectivity index is 2.49. The Morgan fingerprint density at radius 1 is 1.40 bits per heavy atom. The minimum absolute atomic E-state index is 0.0415. The summed E-state index contributed by atoms with van der Waals surface area (Å²) < 4.78 is 0. The second-order valence-electron chi connectivity index (χ2n) is 4.48. The minimum Gasteiger partial charge on any atom is -0.396 e. The molecule has 15 heavy (non-hydrogen) atoms. The normalized spacial score (nSPS) is 11.7. The Kier molecular flexibility index (Phi) is 4.24. The molecule has 1 rings (SSSR count). The van der Waals surface area contributed by atoms with Gasteiger partial charge in [-0.15, -0.1) is 0 Å². The van der Waals surface area contributed by atoms with Crippen molar-refractivity contribution in [1.82, 2.24) is 10.3 Å². The third kappa shape index (κ3) is 4.40. The number of aryl methyl sites for hydroxylation is 1. The first-order valence-electron chi connectivity index (χ1n) is 5.32. The number of pyridine rings is 1. The Morgan fingerprint density at radius 3 is 2.73 bits per heavy atom. The third-order valence-corrected chi connectivity index (χ3v) is 2.43. The van der Waals surface area contributed by atoms with Crippen molar-refractivity contribution in [2.24, 2.45) is 0 Å². The van der Waals surface area contributed by atoms with Gasteiger partial charge in [0.15, 0.2) is 0 Å². The van der Waals surface area contributed by atoms with Crippen LogP contribution in [-0.4, -0.2) is 22.2 Å². The van der Waals surface area contributed by atoms with Gasteiger partial charge in [-0.2, -0.15) is 0 Å². The molecule has 0 radical (unpaired) electrons. The second kappa shape index (κ2) is 5.24. The van der Waals surface area contributed by atoms with Crippen LogP contribution < -0.4 is 5.32 Å². The van der Waals surface area contributed by atoms with Crippen molar-refractivity contribution in [2.75, 3.05) is 6.61 Å². The molecule has 0 unspecified atom stereocenters. The summed E-state index contributed by atoms with van der Waals surface area (Å²) in [4.78, 5) is 4.41. The van der Waals surface area contributed by atoms with Crippen molar-refractivity contribution in [2.45, 2.75) is 39.3 Å². The summed E-state index contributed by atoms with van der Waals surface area (Å²) in [6, 6.07) is 6.01. The smallest absolute Gasteiger partial charge is 0.0545 e. The van der Waals surface area contributed by atoms with Crippen molar-refractivity contribution >= 4 is 0 Å². The number of nitrogens with zero attached hydrogens (tertiary/aromatic N) is 1. The fourth-order valence-corrected chi connectivity index (χ4v) is 1.40. The number of nitrogens with one attached hydrogen (secondary N) is 1. The van der Waals surface area contributed by atoms with E-state index >= 15 is 0 Å². The van der Waals surface area contributed by atoms with Gasteiger partial charge in [0.05, 0.1) is 5.69 Å². The quantitative estimate of drug-likeness (QED) is 0.773. The van der Waals surface area contributed by atoms with E-state index in [1.54, 1.807) is 0 Å². The summed E-state index contributed by atoms with van der Waals surface area (Å²) in [5.41, 5.74) is 2.04. The molecule has 0 aromatic carbocycles. The molecule has 84 valence electrons. The summed E-state index contributed by atoms with van der Waals surface area (Å²) in [5, 5.41) is 12.3. The van der Waals surface area contributed by atoms with E-state index in [9.17, 15) is 0 Å². The third-order valence-electron chi connectivity index (χ3n) is 2.43. The van der Waals surface area contributed by atoms with Crippen LogP contribution in [0.4, 0.5) is 0 Å². The van der Waals surface area contributed by atoms with Gasteiger partial charge < -0.3 is 10.4 Å². The summed E-state index contributed by atoms with van der Waals surface area (Å²) in [6.45, 7) is 7.11. The lowest BCUT2D eigenvalue weighted by Crippen LogP contribution is -2.39. The van der Waals surface area contributed by atoms with Crippen LogP contribution in [0.3, 0.4) is 0 Å². The van der Waals surface area contributed by atoms with Crippen LogP contribution in [0, 0.1) is 6.92 Å². The Hall–Kier alpha value is -0.930. The monoisotopic (exact) mass is 208 g/mol. The van der Waals surface area contributed by atoms with Crippen molar-refractivity contribution in [3.63, 3.8) is 0 Å². The Labute approximate surface area is 91.5 Å². The van der Waals surface area contributed by atoms with E-state index < -0.39 is 0 Å². The fourth-order valence-electron chi connectivity index (χ4n) is 1.40. The maximum Gasteiger partial charge on any atom is 0.0545 e. The van der Waals surface area contributed by atoms with Crippen molar-refractivity contribution in [1.29, 1.82) is 0 Å². The predicted molar refractivity (Wildman–Crippen MR) is 61.6 cm³/mol. The minimum atomic E-state index is -0.0415. The zero-order chi connectivity index (χ0) is 11.3. The van der Waals surface area contributed by atoms with Crippen LogP contribution in [0.2, 0.25) is 0 Å². The second-order valence-corrected chi connectivity index (χ2v) is 4.48. The molecule has 0 atom stereocenters. The van der Waals surface area contributed by atoms with E-state index in [1.807, 2.05) is 25.1 Å². The molecule has 0 fully saturated rings. The predicted octanol–water partition coefficient (Wildman–Crippen LogP) is 1.64. The highest BCUT2D eigenvalue weighted by Gasteiger charge is 2.15. The molecule has 2 N–H and O–H groups in total. The van der Waals surface area contributed by atoms with E-state index in [0.29, 0.717) is 0 Å². The summed E-state index contributed by atoms with van der Waals surface area (Å²) in [5.74, 6) is 0. The molecule has 0 aliphatic rings. The van der Waals surface area contributed by atoms with Crippen LogP contribution in [-0.2, 0) is 6.54 Å². The molecule has 0 spiro atoms. The number of aliphatic hydroxyl groups excluding tert-OH is 1. The molecule has 0 bridgehead atoms. The lowest BCUT2D eigenvalue weighted by atomic mass is 10.0. The molecular formula is C12H20N2O. The number of aromatic nitrogens is 1. The average molecular weight is 208 g/mol. The zero-order valence-electron chi connectivity index (χ0n) is 9.75. The van der Waals surface area contributed by atoms with Crippen LogP contribution in [0.5, 0.6) is 0 Å². The van der Waals surface area contributed by atoms with Gasteiger partial charge >= 0.3 is 0 Å². The van der Waals surface area contributed by atoms with Gasteiger partial charge in [0.25, 0.3) is 0 Å². The van der Waals surface area contributed by atoms with Gasteiger partial charge in [-0.3, -0.25) is 4.98 Å². The maximum atomic E-state index is 8.89. The van der Waals surface area contributed by atoms with Crippen molar-refractivity contribution in [3.8, 4) is 0 Å². The molecule has 0 amide bonds. The van der Waals surface area contributed by atoms with Crippen LogP contribution in [0.1, 0.15) is 31.7 Å². The Morgan fingerprint density at radius 2 is 2.13 bits per heavy atom. The number of hydrogen-bond donors (Lipinski definition) is 2. The van der Waals surface area contributed by atoms with Crippen LogP contribution >= 0.6 is 0 Å². The molecule has 1 aromatic rings. The lowest BCUT2D eigenvalue weighted by Gasteiger charge is -2.25. The number of rotatable bonds is 5. The highest BCUT2D eigenvalue weighted by Crippen LogP contribution is 2.08. The first kappa shape index (κ1) is 12.1. The zero-order valence-corrected chi connectivity index (χ0v) is 9.75. The van der Waals surface area contributed by atoms with Gasteiger partial charge in [-0.25, -0.2) is 0 Å². The topological polar surface area (TPSA) is 45.1 Å². The standard InChI is InChI=1S/C12H20N2O/c1-10-5-4-6-11(14-10)9-13-12(2,3)7-8-15/h4-6,13,15H,7-9H2,1-3H3. The molecule has 1 heterocycles. The molecule has 0 saturated carbocycles. The Bertz CT molecular complexity index is 310. The number of hydrogen-bond acceptors (Lipinski definition) is 3. The molecule has 3 heteroatoms. The van der Waals surface area contributed by atoms with E-state index in [2.05, 4.69) is 24.1 Å². The van der Waals surface area contributed by atoms with Gasteiger partial charge in [-0.05, 0) is 39.3 Å². The largest absolute Gasteiger partial charge is 0.396 e. The lowest BCUT2D eigenvalue weighted by molar-refractivity contribution is 0.229. The molecular weight excluding hydrogens is 188 g/mol. The molecule has 0 aliphatic heterocycles. The summed E-state index contributed by atoms with van der Waals surface area (Å²) in [6.07, 6.45) is 0.749. The molecule has 1 aromatic heterocycles. The highest BCUT2D eigenvalue weighted by molar-refractivity contribution is 5.09. The van der Waals surface area contributed by atoms with E-state index in [4.69, 9.17) is 5.11 Å². The van der Waals surface area contributed by atoms with Gasteiger partial charge in [0, 0.05) is 24.4 Å². The van der Waals surface area contributed by atoms with E-state index in [1.165, 1.54) is 0 Å². The average Bonchev–Trinajstić information content (AvgIpc) is 2.15. The first-order chi connectivity index (χ1) is 7.03. The van der Waals surface area contributed by atoms with Gasteiger partial charge in [0.2, 0.25) is 0 Å². The van der Waals surface area contributed by atoms with Crippen molar-refractivity contribution < 1.29 is 5.11 Å². The van der Waals surface area contributed by atoms with Crippen LogP contribution in [0.15, 0.2) is 18.2 Å². The summed E-state index contributed by atoms with van der Waals surface area (Å²) >= 11 is 0. The molecule has 3 nitrogen and oxygen atoms in total. The molecule has 0 aliphatic carbocycles. The molecule has 0 saturated heterocycles. The maximum absolute atomic E-state index is 8.89.